The largest absolute Gasteiger partial charge is 0.497 e. The van der Waals surface area contributed by atoms with E-state index in [1.54, 1.807) is 13.2 Å². The molecular weight excluding hydrogens is 540 g/mol. The second kappa shape index (κ2) is 14.0. The van der Waals surface area contributed by atoms with Gasteiger partial charge < -0.3 is 28.8 Å². The molecule has 0 radical (unpaired) electrons. The minimum absolute atomic E-state index is 0.105. The molecule has 6 heteroatoms. The second-order valence-electron chi connectivity index (χ2n) is 15.4. The van der Waals surface area contributed by atoms with Crippen LogP contribution in [-0.4, -0.2) is 29.0 Å². The standard InChI is InChI=1S/C37H60O6/c1-15-19-35(8,9)43-32-30(41-36(10,11)25-34(6,7)16-2)20-26(21-31(32)42-37(12,13)33(3,4)5)24-40-29-22-28(39-14)18-17-27(29)23-38/h17-18,20-22,38H,15-16,19,23-25H2,1-14H3. The predicted molar refractivity (Wildman–Crippen MR) is 177 cm³/mol. The monoisotopic (exact) mass is 600 g/mol. The van der Waals surface area contributed by atoms with E-state index in [9.17, 15) is 5.11 Å². The van der Waals surface area contributed by atoms with Gasteiger partial charge in [0.1, 0.15) is 34.9 Å². The smallest absolute Gasteiger partial charge is 0.204 e. The average Bonchev–Trinajstić information content (AvgIpc) is 2.87. The van der Waals surface area contributed by atoms with Gasteiger partial charge in [0.05, 0.1) is 13.7 Å². The van der Waals surface area contributed by atoms with Crippen molar-refractivity contribution in [3.05, 3.63) is 41.5 Å². The molecule has 2 aromatic rings. The number of rotatable bonds is 16. The Morgan fingerprint density at radius 1 is 0.721 bits per heavy atom. The van der Waals surface area contributed by atoms with E-state index < -0.39 is 16.8 Å². The maximum Gasteiger partial charge on any atom is 0.204 e. The van der Waals surface area contributed by atoms with Crippen LogP contribution in [0.4, 0.5) is 0 Å². The molecule has 6 nitrogen and oxygen atoms in total. The van der Waals surface area contributed by atoms with Crippen molar-refractivity contribution in [2.24, 2.45) is 10.8 Å². The first-order chi connectivity index (χ1) is 19.7. The molecule has 0 saturated heterocycles. The van der Waals surface area contributed by atoms with E-state index in [0.717, 1.165) is 31.2 Å². The molecule has 0 unspecified atom stereocenters. The van der Waals surface area contributed by atoms with Crippen LogP contribution < -0.4 is 23.7 Å². The Bertz CT molecular complexity index is 1190. The lowest BCUT2D eigenvalue weighted by Crippen LogP contribution is -2.42. The Labute approximate surface area is 262 Å². The van der Waals surface area contributed by atoms with Crippen LogP contribution in [0.1, 0.15) is 127 Å². The van der Waals surface area contributed by atoms with Gasteiger partial charge in [-0.25, -0.2) is 0 Å². The first-order valence-electron chi connectivity index (χ1n) is 15.8. The number of hydrogen-bond acceptors (Lipinski definition) is 6. The van der Waals surface area contributed by atoms with Crippen molar-refractivity contribution in [3.63, 3.8) is 0 Å². The van der Waals surface area contributed by atoms with Crippen molar-refractivity contribution < 1.29 is 28.8 Å². The van der Waals surface area contributed by atoms with Gasteiger partial charge in [-0.2, -0.15) is 0 Å². The van der Waals surface area contributed by atoms with E-state index in [4.69, 9.17) is 23.7 Å². The summed E-state index contributed by atoms with van der Waals surface area (Å²) in [6.07, 6.45) is 3.78. The molecule has 0 aliphatic rings. The highest BCUT2D eigenvalue weighted by Gasteiger charge is 2.38. The summed E-state index contributed by atoms with van der Waals surface area (Å²) in [6.45, 7) is 28.3. The van der Waals surface area contributed by atoms with Gasteiger partial charge in [-0.05, 0) is 89.6 Å². The second-order valence-corrected chi connectivity index (χ2v) is 15.4. The third-order valence-electron chi connectivity index (χ3n) is 8.57. The molecule has 2 aromatic carbocycles. The maximum atomic E-state index is 9.92. The lowest BCUT2D eigenvalue weighted by atomic mass is 9.79. The first-order valence-corrected chi connectivity index (χ1v) is 15.8. The molecule has 0 aliphatic carbocycles. The van der Waals surface area contributed by atoms with Crippen molar-refractivity contribution in [2.45, 2.75) is 146 Å². The van der Waals surface area contributed by atoms with E-state index in [1.165, 1.54) is 0 Å². The molecule has 0 fully saturated rings. The fraction of sp³-hybridized carbons (Fsp3) is 0.676. The van der Waals surface area contributed by atoms with Gasteiger partial charge in [0, 0.05) is 17.0 Å². The van der Waals surface area contributed by atoms with Gasteiger partial charge in [-0.1, -0.05) is 61.3 Å². The van der Waals surface area contributed by atoms with Crippen LogP contribution in [0.3, 0.4) is 0 Å². The van der Waals surface area contributed by atoms with Crippen LogP contribution in [0, 0.1) is 10.8 Å². The summed E-state index contributed by atoms with van der Waals surface area (Å²) in [6, 6.07) is 9.43. The Morgan fingerprint density at radius 2 is 1.33 bits per heavy atom. The van der Waals surface area contributed by atoms with Crippen LogP contribution in [0.5, 0.6) is 28.7 Å². The van der Waals surface area contributed by atoms with Gasteiger partial charge in [0.15, 0.2) is 11.5 Å². The maximum absolute atomic E-state index is 9.92. The molecular formula is C37H60O6. The molecule has 1 N–H and O–H groups in total. The van der Waals surface area contributed by atoms with Crippen LogP contribution in [0.2, 0.25) is 0 Å². The van der Waals surface area contributed by atoms with Crippen LogP contribution >= 0.6 is 0 Å². The van der Waals surface area contributed by atoms with Gasteiger partial charge in [-0.3, -0.25) is 0 Å². The van der Waals surface area contributed by atoms with E-state index >= 15 is 0 Å². The lowest BCUT2D eigenvalue weighted by Gasteiger charge is -2.40. The molecule has 0 atom stereocenters. The Morgan fingerprint density at radius 3 is 1.84 bits per heavy atom. The van der Waals surface area contributed by atoms with Crippen LogP contribution in [0.25, 0.3) is 0 Å². The third kappa shape index (κ3) is 10.5. The van der Waals surface area contributed by atoms with Gasteiger partial charge in [-0.15, -0.1) is 0 Å². The van der Waals surface area contributed by atoms with E-state index in [0.29, 0.717) is 34.3 Å². The van der Waals surface area contributed by atoms with Crippen LogP contribution in [-0.2, 0) is 13.2 Å². The molecule has 0 aromatic heterocycles. The van der Waals surface area contributed by atoms with E-state index in [-0.39, 0.29) is 24.0 Å². The highest BCUT2D eigenvalue weighted by atomic mass is 16.6. The van der Waals surface area contributed by atoms with Gasteiger partial charge in [0.25, 0.3) is 0 Å². The number of aliphatic hydroxyl groups is 1. The predicted octanol–water partition coefficient (Wildman–Crippen LogP) is 9.91. The normalized spacial score (nSPS) is 13.1. The van der Waals surface area contributed by atoms with Crippen LogP contribution in [0.15, 0.2) is 30.3 Å². The summed E-state index contributed by atoms with van der Waals surface area (Å²) in [7, 11) is 1.61. The summed E-state index contributed by atoms with van der Waals surface area (Å²) in [5.74, 6) is 3.10. The molecule has 43 heavy (non-hydrogen) atoms. The topological polar surface area (TPSA) is 66.4 Å². The number of benzene rings is 2. The molecule has 244 valence electrons. The number of methoxy groups -OCH3 is 1. The summed E-state index contributed by atoms with van der Waals surface area (Å²) in [5, 5.41) is 9.92. The van der Waals surface area contributed by atoms with Crippen molar-refractivity contribution in [2.75, 3.05) is 7.11 Å². The highest BCUT2D eigenvalue weighted by molar-refractivity contribution is 5.55. The molecule has 0 spiro atoms. The molecule has 0 saturated carbocycles. The molecule has 0 amide bonds. The molecule has 0 bridgehead atoms. The minimum atomic E-state index is -0.521. The fourth-order valence-corrected chi connectivity index (χ4v) is 5.02. The Kier molecular flexibility index (Phi) is 11.9. The number of hydrogen-bond donors (Lipinski definition) is 1. The Hall–Kier alpha value is -2.60. The zero-order valence-corrected chi connectivity index (χ0v) is 29.6. The highest BCUT2D eigenvalue weighted by Crippen LogP contribution is 2.47. The quantitative estimate of drug-likeness (QED) is 0.207. The van der Waals surface area contributed by atoms with Crippen molar-refractivity contribution in [1.29, 1.82) is 0 Å². The summed E-state index contributed by atoms with van der Waals surface area (Å²) in [4.78, 5) is 0. The van der Waals surface area contributed by atoms with Crippen molar-refractivity contribution in [1.82, 2.24) is 0 Å². The summed E-state index contributed by atoms with van der Waals surface area (Å²) >= 11 is 0. The van der Waals surface area contributed by atoms with Gasteiger partial charge in [0.2, 0.25) is 5.75 Å². The number of aliphatic hydroxyl groups excluding tert-OH is 1. The SMILES string of the molecule is CCCC(C)(C)Oc1c(OC(C)(C)CC(C)(C)CC)cc(COc2cc(OC)ccc2CO)cc1OC(C)(C)C(C)(C)C. The van der Waals surface area contributed by atoms with Crippen molar-refractivity contribution in [3.8, 4) is 28.7 Å². The van der Waals surface area contributed by atoms with Gasteiger partial charge >= 0.3 is 0 Å². The minimum Gasteiger partial charge on any atom is -0.497 e. The third-order valence-corrected chi connectivity index (χ3v) is 8.57. The number of ether oxygens (including phenoxy) is 5. The molecule has 0 aliphatic heterocycles. The fourth-order valence-electron chi connectivity index (χ4n) is 5.02. The molecule has 0 heterocycles. The zero-order valence-electron chi connectivity index (χ0n) is 29.6. The summed E-state index contributed by atoms with van der Waals surface area (Å²) < 4.78 is 32.2. The lowest BCUT2D eigenvalue weighted by molar-refractivity contribution is -0.00807. The van der Waals surface area contributed by atoms with E-state index in [1.807, 2.05) is 24.3 Å². The summed E-state index contributed by atoms with van der Waals surface area (Å²) in [5.41, 5.74) is 0.0793. The first kappa shape index (κ1) is 36.6. The molecule has 2 rings (SSSR count). The zero-order chi connectivity index (χ0) is 32.9. The average molecular weight is 601 g/mol. The Balaban J connectivity index is 2.73. The van der Waals surface area contributed by atoms with E-state index in [2.05, 4.69) is 90.0 Å². The van der Waals surface area contributed by atoms with Crippen molar-refractivity contribution >= 4 is 0 Å².